The van der Waals surface area contributed by atoms with Crippen molar-refractivity contribution in [2.24, 2.45) is 0 Å². The van der Waals surface area contributed by atoms with Crippen LogP contribution in [0.3, 0.4) is 0 Å². The summed E-state index contributed by atoms with van der Waals surface area (Å²) < 4.78 is 68.5. The average molecular weight is 1430 g/mol. The topological polar surface area (TPSA) is 237 Å². The van der Waals surface area contributed by atoms with E-state index in [9.17, 15) is 43.2 Å². The summed E-state index contributed by atoms with van der Waals surface area (Å²) in [4.78, 5) is 72.9. The van der Waals surface area contributed by atoms with E-state index in [2.05, 4.69) is 101 Å². The van der Waals surface area contributed by atoms with E-state index in [1.165, 1.54) is 109 Å². The average Bonchev–Trinajstić information content (AvgIpc) is 0.959. The summed E-state index contributed by atoms with van der Waals surface area (Å²) in [5, 5.41) is 10.6. The molecular weight excluding hydrogens is 1280 g/mol. The van der Waals surface area contributed by atoms with Crippen molar-refractivity contribution >= 4 is 39.5 Å². The molecule has 570 valence electrons. The maximum atomic E-state index is 13.1. The van der Waals surface area contributed by atoms with Crippen LogP contribution < -0.4 is 0 Å². The van der Waals surface area contributed by atoms with Gasteiger partial charge in [0, 0.05) is 25.7 Å². The Kier molecular flexibility index (Phi) is 69.3. The number of ether oxygens (including phenoxy) is 4. The number of hydrogen-bond acceptors (Lipinski definition) is 15. The molecule has 0 rings (SSSR count). The van der Waals surface area contributed by atoms with Gasteiger partial charge in [0.05, 0.1) is 26.4 Å². The Morgan fingerprint density at radius 3 is 0.857 bits per heavy atom. The fourth-order valence-corrected chi connectivity index (χ4v) is 12.2. The molecule has 17 nitrogen and oxygen atoms in total. The van der Waals surface area contributed by atoms with Gasteiger partial charge in [-0.1, -0.05) is 261 Å². The molecule has 2 unspecified atom stereocenters. The molecule has 0 fully saturated rings. The third kappa shape index (κ3) is 70.9. The van der Waals surface area contributed by atoms with Crippen LogP contribution in [0.5, 0.6) is 0 Å². The molecule has 0 aliphatic heterocycles. The number of aliphatic hydroxyl groups is 1. The van der Waals surface area contributed by atoms with Crippen molar-refractivity contribution in [1.29, 1.82) is 0 Å². The minimum Gasteiger partial charge on any atom is -0.462 e. The summed E-state index contributed by atoms with van der Waals surface area (Å²) in [5.41, 5.74) is 0. The third-order valence-corrected chi connectivity index (χ3v) is 18.5. The molecule has 0 saturated carbocycles. The molecule has 0 spiro atoms. The van der Waals surface area contributed by atoms with E-state index in [1.807, 2.05) is 0 Å². The molecule has 5 atom stereocenters. The summed E-state index contributed by atoms with van der Waals surface area (Å²) in [7, 11) is -9.95. The monoisotopic (exact) mass is 1420 g/mol. The number of allylic oxidation sites excluding steroid dienone is 12. The molecule has 0 aromatic heterocycles. The van der Waals surface area contributed by atoms with E-state index in [-0.39, 0.29) is 25.7 Å². The molecule has 3 N–H and O–H groups in total. The maximum absolute atomic E-state index is 13.1. The lowest BCUT2D eigenvalue weighted by molar-refractivity contribution is -0.161. The quantitative estimate of drug-likeness (QED) is 0.0128. The molecular formula is C79H142O17P2. The zero-order chi connectivity index (χ0) is 71.8. The summed E-state index contributed by atoms with van der Waals surface area (Å²) in [6.07, 6.45) is 71.6. The third-order valence-electron chi connectivity index (χ3n) is 16.6. The van der Waals surface area contributed by atoms with Crippen LogP contribution in [0.15, 0.2) is 72.9 Å². The molecule has 0 bridgehead atoms. The molecule has 0 aromatic carbocycles. The Bertz CT molecular complexity index is 2140. The zero-order valence-corrected chi connectivity index (χ0v) is 64.0. The van der Waals surface area contributed by atoms with Crippen LogP contribution in [-0.4, -0.2) is 96.7 Å². The van der Waals surface area contributed by atoms with E-state index < -0.39 is 97.5 Å². The van der Waals surface area contributed by atoms with Crippen molar-refractivity contribution in [2.75, 3.05) is 39.6 Å². The number of rotatable bonds is 74. The number of unbranched alkanes of at least 4 members (excludes halogenated alkanes) is 37. The number of carbonyl (C=O) groups excluding carboxylic acids is 4. The van der Waals surface area contributed by atoms with Crippen LogP contribution in [0.1, 0.15) is 349 Å². The molecule has 98 heavy (non-hydrogen) atoms. The number of phosphoric ester groups is 2. The molecule has 0 amide bonds. The SMILES string of the molecule is CCCCC/C=C\C/C=C\CCCCCCCC(=O)OC[C@H](COP(=O)(O)OC[C@@H](O)COP(=O)(O)OC[C@@H](COC(=O)CCCCCCC/C=C\CCCCCCCC)OC(=O)CCCCCCC/C=C\C=C/CCCCCC)OC(=O)CCCCCCC/C=C\CCCCCC. The highest BCUT2D eigenvalue weighted by Crippen LogP contribution is 2.45. The molecule has 0 aliphatic rings. The van der Waals surface area contributed by atoms with Gasteiger partial charge in [-0.05, 0) is 135 Å². The van der Waals surface area contributed by atoms with Crippen LogP contribution in [0.4, 0.5) is 0 Å². The molecule has 0 heterocycles. The minimum absolute atomic E-state index is 0.0781. The van der Waals surface area contributed by atoms with Crippen LogP contribution in [0, 0.1) is 0 Å². The van der Waals surface area contributed by atoms with E-state index >= 15 is 0 Å². The van der Waals surface area contributed by atoms with Crippen LogP contribution in [0.25, 0.3) is 0 Å². The largest absolute Gasteiger partial charge is 0.472 e. The lowest BCUT2D eigenvalue weighted by Crippen LogP contribution is -2.30. The van der Waals surface area contributed by atoms with Gasteiger partial charge in [0.15, 0.2) is 12.2 Å². The second-order valence-electron chi connectivity index (χ2n) is 26.3. The summed E-state index contributed by atoms with van der Waals surface area (Å²) in [6, 6.07) is 0. The van der Waals surface area contributed by atoms with Crippen LogP contribution in [-0.2, 0) is 65.4 Å². The second kappa shape index (κ2) is 71.9. The number of carbonyl (C=O) groups is 4. The molecule has 0 aliphatic carbocycles. The summed E-state index contributed by atoms with van der Waals surface area (Å²) in [6.45, 7) is 4.80. The van der Waals surface area contributed by atoms with Gasteiger partial charge < -0.3 is 33.8 Å². The number of hydrogen-bond donors (Lipinski definition) is 3. The van der Waals surface area contributed by atoms with Gasteiger partial charge in [-0.3, -0.25) is 37.3 Å². The van der Waals surface area contributed by atoms with E-state index in [0.29, 0.717) is 25.7 Å². The lowest BCUT2D eigenvalue weighted by Gasteiger charge is -2.21. The first-order valence-electron chi connectivity index (χ1n) is 39.2. The Labute approximate surface area is 596 Å². The highest BCUT2D eigenvalue weighted by Gasteiger charge is 2.30. The number of aliphatic hydroxyl groups excluding tert-OH is 1. The van der Waals surface area contributed by atoms with Crippen molar-refractivity contribution in [2.45, 2.75) is 367 Å². The van der Waals surface area contributed by atoms with Gasteiger partial charge in [0.2, 0.25) is 0 Å². The van der Waals surface area contributed by atoms with Gasteiger partial charge in [0.25, 0.3) is 0 Å². The first-order valence-corrected chi connectivity index (χ1v) is 42.2. The van der Waals surface area contributed by atoms with Gasteiger partial charge in [-0.2, -0.15) is 0 Å². The Hall–Kier alpha value is -3.50. The smallest absolute Gasteiger partial charge is 0.462 e. The predicted octanol–water partition coefficient (Wildman–Crippen LogP) is 22.4. The van der Waals surface area contributed by atoms with Crippen molar-refractivity contribution in [3.8, 4) is 0 Å². The normalized spacial score (nSPS) is 14.3. The van der Waals surface area contributed by atoms with Crippen LogP contribution in [0.2, 0.25) is 0 Å². The fraction of sp³-hybridized carbons (Fsp3) is 0.797. The van der Waals surface area contributed by atoms with Gasteiger partial charge >= 0.3 is 39.5 Å². The molecule has 0 saturated heterocycles. The van der Waals surface area contributed by atoms with Crippen molar-refractivity contribution in [1.82, 2.24) is 0 Å². The standard InChI is InChI=1S/C79H142O17P2/c1-5-9-13-17-21-25-29-33-36-40-43-47-51-55-59-63-76(81)89-69-74(95-78(83)65-61-57-53-49-45-39-32-28-24-20-16-12-8-4)71-93-97(85,86)91-67-73(80)68-92-98(87,88)94-72-75(96-79(84)66-62-58-54-50-46-42-38-35-31-27-23-19-15-11-7-3)70-90-77(82)64-60-56-52-48-44-41-37-34-30-26-22-18-14-10-6-2/h21,25,27-28,31-38,73-75,80H,5-20,22-24,26,29-30,39-72H2,1-4H3,(H,85,86)(H,87,88)/b25-21-,31-27-,32-28-,36-33-,37-34-,38-35-/t73-,74-,75-/m1/s1. The first-order chi connectivity index (χ1) is 47.7. The summed E-state index contributed by atoms with van der Waals surface area (Å²) >= 11 is 0. The first kappa shape index (κ1) is 94.5. The Morgan fingerprint density at radius 1 is 0.296 bits per heavy atom. The van der Waals surface area contributed by atoms with E-state index in [0.717, 1.165) is 161 Å². The van der Waals surface area contributed by atoms with Gasteiger partial charge in [-0.15, -0.1) is 0 Å². The Morgan fingerprint density at radius 2 is 0.531 bits per heavy atom. The highest BCUT2D eigenvalue weighted by atomic mass is 31.2. The molecule has 19 heteroatoms. The number of phosphoric acid groups is 2. The van der Waals surface area contributed by atoms with Crippen molar-refractivity contribution in [3.63, 3.8) is 0 Å². The maximum Gasteiger partial charge on any atom is 0.472 e. The lowest BCUT2D eigenvalue weighted by atomic mass is 10.1. The van der Waals surface area contributed by atoms with E-state index in [1.54, 1.807) is 0 Å². The van der Waals surface area contributed by atoms with E-state index in [4.69, 9.17) is 37.0 Å². The fourth-order valence-electron chi connectivity index (χ4n) is 10.6. The number of esters is 4. The Balaban J connectivity index is 5.36. The molecule has 0 aromatic rings. The minimum atomic E-state index is -4.98. The predicted molar refractivity (Wildman–Crippen MR) is 400 cm³/mol. The molecule has 0 radical (unpaired) electrons. The van der Waals surface area contributed by atoms with Crippen molar-refractivity contribution < 1.29 is 80.2 Å². The highest BCUT2D eigenvalue weighted by molar-refractivity contribution is 7.47. The second-order valence-corrected chi connectivity index (χ2v) is 29.2. The van der Waals surface area contributed by atoms with Gasteiger partial charge in [-0.25, -0.2) is 9.13 Å². The summed E-state index contributed by atoms with van der Waals surface area (Å²) in [5.74, 6) is -2.20. The van der Waals surface area contributed by atoms with Crippen molar-refractivity contribution in [3.05, 3.63) is 72.9 Å². The van der Waals surface area contributed by atoms with Gasteiger partial charge in [0.1, 0.15) is 19.3 Å². The van der Waals surface area contributed by atoms with Crippen LogP contribution >= 0.6 is 15.6 Å². The zero-order valence-electron chi connectivity index (χ0n) is 62.2.